The molecule has 21 heavy (non-hydrogen) atoms. The van der Waals surface area contributed by atoms with Gasteiger partial charge in [0.25, 0.3) is 0 Å². The first-order chi connectivity index (χ1) is 10.0. The summed E-state index contributed by atoms with van der Waals surface area (Å²) in [4.78, 5) is 22.3. The highest BCUT2D eigenvalue weighted by molar-refractivity contribution is 9.10. The zero-order valence-electron chi connectivity index (χ0n) is 11.1. The van der Waals surface area contributed by atoms with Gasteiger partial charge in [-0.1, -0.05) is 15.9 Å². The van der Waals surface area contributed by atoms with Crippen molar-refractivity contribution in [3.8, 4) is 5.75 Å². The number of nitrogens with one attached hydrogen (secondary N) is 2. The van der Waals surface area contributed by atoms with Crippen molar-refractivity contribution < 1.29 is 24.5 Å². The number of carboxylic acids is 1. The Labute approximate surface area is 129 Å². The van der Waals surface area contributed by atoms with Crippen LogP contribution in [0, 0.1) is 0 Å². The Morgan fingerprint density at radius 1 is 1.43 bits per heavy atom. The van der Waals surface area contributed by atoms with Crippen molar-refractivity contribution in [3.63, 3.8) is 0 Å². The standard InChI is InChI=1S/C13H15BrN2O5/c14-9-3-7-1-2-21-11(7)8(4-9)5-15-13(20)16-10(6-17)12(18)19/h3-4,10,17H,1-2,5-6H2,(H,18,19)(H2,15,16,20). The molecule has 0 saturated heterocycles. The average molecular weight is 359 g/mol. The van der Waals surface area contributed by atoms with Crippen LogP contribution in [0.3, 0.4) is 0 Å². The van der Waals surface area contributed by atoms with Crippen LogP contribution in [0.25, 0.3) is 0 Å². The van der Waals surface area contributed by atoms with Gasteiger partial charge in [0.2, 0.25) is 0 Å². The summed E-state index contributed by atoms with van der Waals surface area (Å²) >= 11 is 3.40. The molecular formula is C13H15BrN2O5. The van der Waals surface area contributed by atoms with Crippen molar-refractivity contribution in [1.82, 2.24) is 10.6 Å². The molecule has 1 aliphatic heterocycles. The van der Waals surface area contributed by atoms with Gasteiger partial charge in [-0.05, 0) is 17.7 Å². The topological polar surface area (TPSA) is 108 Å². The van der Waals surface area contributed by atoms with E-state index in [1.807, 2.05) is 12.1 Å². The van der Waals surface area contributed by atoms with Crippen molar-refractivity contribution in [2.45, 2.75) is 19.0 Å². The number of urea groups is 1. The molecule has 1 aromatic rings. The van der Waals surface area contributed by atoms with E-state index in [0.29, 0.717) is 6.61 Å². The second-order valence-corrected chi connectivity index (χ2v) is 5.47. The summed E-state index contributed by atoms with van der Waals surface area (Å²) in [6.07, 6.45) is 0.819. The van der Waals surface area contributed by atoms with E-state index in [1.54, 1.807) is 0 Å². The van der Waals surface area contributed by atoms with Gasteiger partial charge in [-0.15, -0.1) is 0 Å². The van der Waals surface area contributed by atoms with Crippen LogP contribution in [-0.4, -0.2) is 41.5 Å². The first-order valence-corrected chi connectivity index (χ1v) is 7.12. The predicted octanol–water partition coefficient (Wildman–Crippen LogP) is 0.629. The summed E-state index contributed by atoms with van der Waals surface area (Å²) in [7, 11) is 0. The lowest BCUT2D eigenvalue weighted by Crippen LogP contribution is -2.47. The lowest BCUT2D eigenvalue weighted by molar-refractivity contribution is -0.140. The van der Waals surface area contributed by atoms with E-state index in [0.717, 1.165) is 27.8 Å². The second-order valence-electron chi connectivity index (χ2n) is 4.55. The number of aliphatic carboxylic acids is 1. The Bertz CT molecular complexity index is 564. The number of rotatable bonds is 5. The number of halogens is 1. The third-order valence-electron chi connectivity index (χ3n) is 3.05. The number of aliphatic hydroxyl groups excluding tert-OH is 1. The van der Waals surface area contributed by atoms with Crippen LogP contribution in [0.1, 0.15) is 11.1 Å². The van der Waals surface area contributed by atoms with Gasteiger partial charge in [0, 0.05) is 23.0 Å². The maximum Gasteiger partial charge on any atom is 0.328 e. The van der Waals surface area contributed by atoms with E-state index in [2.05, 4.69) is 26.6 Å². The monoisotopic (exact) mass is 358 g/mol. The number of fused-ring (bicyclic) bond motifs is 1. The van der Waals surface area contributed by atoms with Gasteiger partial charge < -0.3 is 25.6 Å². The summed E-state index contributed by atoms with van der Waals surface area (Å²) in [5.74, 6) is -0.533. The van der Waals surface area contributed by atoms with Gasteiger partial charge in [-0.2, -0.15) is 0 Å². The lowest BCUT2D eigenvalue weighted by atomic mass is 10.1. The van der Waals surface area contributed by atoms with Gasteiger partial charge >= 0.3 is 12.0 Å². The van der Waals surface area contributed by atoms with Crippen LogP contribution in [0.2, 0.25) is 0 Å². The molecule has 1 unspecified atom stereocenters. The molecule has 0 saturated carbocycles. The minimum Gasteiger partial charge on any atom is -0.493 e. The van der Waals surface area contributed by atoms with Crippen LogP contribution >= 0.6 is 15.9 Å². The summed E-state index contributed by atoms with van der Waals surface area (Å²) in [6, 6.07) is 1.82. The molecule has 0 spiro atoms. The van der Waals surface area contributed by atoms with Gasteiger partial charge in [-0.3, -0.25) is 0 Å². The second kappa shape index (κ2) is 6.77. The Balaban J connectivity index is 1.97. The Morgan fingerprint density at radius 3 is 2.86 bits per heavy atom. The molecule has 1 aromatic carbocycles. The molecule has 2 rings (SSSR count). The molecular weight excluding hydrogens is 344 g/mol. The fraction of sp³-hybridized carbons (Fsp3) is 0.385. The molecule has 0 fully saturated rings. The maximum absolute atomic E-state index is 11.6. The van der Waals surface area contributed by atoms with Crippen LogP contribution in [0.15, 0.2) is 16.6 Å². The third-order valence-corrected chi connectivity index (χ3v) is 3.51. The van der Waals surface area contributed by atoms with E-state index in [-0.39, 0.29) is 6.54 Å². The molecule has 1 heterocycles. The summed E-state index contributed by atoms with van der Waals surface area (Å²) in [5, 5.41) is 22.3. The Morgan fingerprint density at radius 2 is 2.19 bits per heavy atom. The smallest absolute Gasteiger partial charge is 0.328 e. The SMILES string of the molecule is O=C(NCc1cc(Br)cc2c1OCC2)NC(CO)C(=O)O. The number of aliphatic hydroxyl groups is 1. The first kappa shape index (κ1) is 15.6. The van der Waals surface area contributed by atoms with E-state index in [9.17, 15) is 9.59 Å². The predicted molar refractivity (Wildman–Crippen MR) is 77.2 cm³/mol. The third kappa shape index (κ3) is 3.85. The van der Waals surface area contributed by atoms with Crippen molar-refractivity contribution in [2.24, 2.45) is 0 Å². The van der Waals surface area contributed by atoms with Crippen molar-refractivity contribution >= 4 is 27.9 Å². The van der Waals surface area contributed by atoms with E-state index in [1.165, 1.54) is 0 Å². The van der Waals surface area contributed by atoms with Gasteiger partial charge in [0.05, 0.1) is 13.2 Å². The fourth-order valence-corrected chi connectivity index (χ4v) is 2.60. The highest BCUT2D eigenvalue weighted by Gasteiger charge is 2.20. The van der Waals surface area contributed by atoms with Crippen LogP contribution in [0.5, 0.6) is 5.75 Å². The quantitative estimate of drug-likeness (QED) is 0.617. The number of amides is 2. The highest BCUT2D eigenvalue weighted by Crippen LogP contribution is 2.32. The van der Waals surface area contributed by atoms with E-state index < -0.39 is 24.6 Å². The Hall–Kier alpha value is -1.80. The molecule has 0 aliphatic carbocycles. The van der Waals surface area contributed by atoms with E-state index in [4.69, 9.17) is 14.9 Å². The average Bonchev–Trinajstić information content (AvgIpc) is 2.89. The molecule has 8 heteroatoms. The molecule has 2 amide bonds. The minimum absolute atomic E-state index is 0.200. The van der Waals surface area contributed by atoms with Gasteiger partial charge in [0.15, 0.2) is 6.04 Å². The molecule has 114 valence electrons. The maximum atomic E-state index is 11.6. The molecule has 1 aliphatic rings. The van der Waals surface area contributed by atoms with Crippen LogP contribution in [0.4, 0.5) is 4.79 Å². The number of carboxylic acid groups (broad SMARTS) is 1. The minimum atomic E-state index is -1.32. The summed E-state index contributed by atoms with van der Waals surface area (Å²) in [5.41, 5.74) is 1.88. The largest absolute Gasteiger partial charge is 0.493 e. The van der Waals surface area contributed by atoms with Crippen molar-refractivity contribution in [1.29, 1.82) is 0 Å². The molecule has 0 aromatic heterocycles. The molecule has 0 bridgehead atoms. The number of hydrogen-bond acceptors (Lipinski definition) is 4. The molecule has 1 atom stereocenters. The Kier molecular flexibility index (Phi) is 5.03. The van der Waals surface area contributed by atoms with Crippen molar-refractivity contribution in [2.75, 3.05) is 13.2 Å². The summed E-state index contributed by atoms with van der Waals surface area (Å²) in [6.45, 7) is 0.139. The van der Waals surface area contributed by atoms with Crippen molar-refractivity contribution in [3.05, 3.63) is 27.7 Å². The van der Waals surface area contributed by atoms with Crippen LogP contribution in [-0.2, 0) is 17.8 Å². The molecule has 7 nitrogen and oxygen atoms in total. The first-order valence-electron chi connectivity index (χ1n) is 6.33. The van der Waals surface area contributed by atoms with Crippen LogP contribution < -0.4 is 15.4 Å². The summed E-state index contributed by atoms with van der Waals surface area (Å²) < 4.78 is 6.42. The number of benzene rings is 1. The normalized spacial score (nSPS) is 14.0. The molecule has 0 radical (unpaired) electrons. The number of hydrogen-bond donors (Lipinski definition) is 4. The van der Waals surface area contributed by atoms with Gasteiger partial charge in [-0.25, -0.2) is 9.59 Å². The lowest BCUT2D eigenvalue weighted by Gasteiger charge is -2.14. The van der Waals surface area contributed by atoms with E-state index >= 15 is 0 Å². The van der Waals surface area contributed by atoms with Gasteiger partial charge in [0.1, 0.15) is 5.75 Å². The zero-order chi connectivity index (χ0) is 15.4. The fourth-order valence-electron chi connectivity index (χ4n) is 2.05. The molecule has 4 N–H and O–H groups in total. The number of carbonyl (C=O) groups is 2. The number of carbonyl (C=O) groups excluding carboxylic acids is 1. The number of ether oxygens (including phenoxy) is 1. The highest BCUT2D eigenvalue weighted by atomic mass is 79.9. The zero-order valence-corrected chi connectivity index (χ0v) is 12.6.